The molecule has 0 aromatic carbocycles. The molecule has 1 rings (SSSR count). The Labute approximate surface area is 47.0 Å². The first-order valence-electron chi connectivity index (χ1n) is 2.11. The van der Waals surface area contributed by atoms with Gasteiger partial charge in [-0.15, -0.1) is 0 Å². The first kappa shape index (κ1) is 5.71. The van der Waals surface area contributed by atoms with E-state index in [2.05, 4.69) is 4.99 Å². The van der Waals surface area contributed by atoms with Crippen molar-refractivity contribution < 1.29 is 13.0 Å². The molecule has 0 unspecified atom stereocenters. The van der Waals surface area contributed by atoms with Crippen LogP contribution in [0.5, 0.6) is 0 Å². The maximum absolute atomic E-state index is 10.0. The van der Waals surface area contributed by atoms with E-state index in [9.17, 15) is 8.42 Å². The summed E-state index contributed by atoms with van der Waals surface area (Å²) >= 11 is 0. The van der Waals surface area contributed by atoms with Crippen molar-refractivity contribution in [3.63, 3.8) is 0 Å². The van der Waals surface area contributed by atoms with Crippen molar-refractivity contribution in [1.29, 1.82) is 0 Å². The Morgan fingerprint density at radius 3 is 2.12 bits per heavy atom. The number of nitrogens with zero attached hydrogens (tertiary/aromatic N) is 1. The SMILES string of the molecule is O=S(=O)(O)C1=NCC1. The van der Waals surface area contributed by atoms with Crippen LogP contribution in [0.15, 0.2) is 4.99 Å². The first-order valence-corrected chi connectivity index (χ1v) is 3.55. The van der Waals surface area contributed by atoms with Crippen LogP contribution in [0.1, 0.15) is 6.42 Å². The third kappa shape index (κ3) is 0.873. The Hall–Kier alpha value is -0.420. The quantitative estimate of drug-likeness (QED) is 0.463. The molecule has 0 bridgehead atoms. The lowest BCUT2D eigenvalue weighted by atomic mass is 10.4. The molecule has 0 radical (unpaired) electrons. The summed E-state index contributed by atoms with van der Waals surface area (Å²) < 4.78 is 28.3. The van der Waals surface area contributed by atoms with Crippen molar-refractivity contribution in [2.24, 2.45) is 4.99 Å². The van der Waals surface area contributed by atoms with E-state index < -0.39 is 10.1 Å². The Balaban J connectivity index is 2.91. The molecular formula is C3H5NO3S. The van der Waals surface area contributed by atoms with Crippen LogP contribution in [-0.4, -0.2) is 24.6 Å². The fraction of sp³-hybridized carbons (Fsp3) is 0.667. The van der Waals surface area contributed by atoms with E-state index >= 15 is 0 Å². The number of aliphatic imine (C=N–C) groups is 1. The van der Waals surface area contributed by atoms with E-state index in [1.807, 2.05) is 0 Å². The predicted octanol–water partition coefficient (Wildman–Crippen LogP) is -0.324. The molecule has 0 aromatic heterocycles. The van der Waals surface area contributed by atoms with Crippen molar-refractivity contribution in [2.75, 3.05) is 6.54 Å². The van der Waals surface area contributed by atoms with Crippen LogP contribution in [0.25, 0.3) is 0 Å². The maximum atomic E-state index is 10.0. The molecule has 1 heterocycles. The van der Waals surface area contributed by atoms with Gasteiger partial charge in [0.05, 0.1) is 0 Å². The monoisotopic (exact) mass is 135 g/mol. The van der Waals surface area contributed by atoms with E-state index in [-0.39, 0.29) is 5.04 Å². The first-order chi connectivity index (χ1) is 3.61. The van der Waals surface area contributed by atoms with Crippen molar-refractivity contribution in [1.82, 2.24) is 0 Å². The molecule has 0 atom stereocenters. The summed E-state index contributed by atoms with van der Waals surface area (Å²) in [6, 6.07) is 0. The summed E-state index contributed by atoms with van der Waals surface area (Å²) in [5.41, 5.74) is 0. The zero-order chi connectivity index (χ0) is 6.20. The van der Waals surface area contributed by atoms with Crippen LogP contribution in [0.4, 0.5) is 0 Å². The van der Waals surface area contributed by atoms with Crippen molar-refractivity contribution in [3.05, 3.63) is 0 Å². The zero-order valence-electron chi connectivity index (χ0n) is 4.03. The molecule has 8 heavy (non-hydrogen) atoms. The lowest BCUT2D eigenvalue weighted by Gasteiger charge is -2.07. The smallest absolute Gasteiger partial charge is 0.281 e. The van der Waals surface area contributed by atoms with Crippen molar-refractivity contribution >= 4 is 15.2 Å². The molecule has 1 N–H and O–H groups in total. The average molecular weight is 135 g/mol. The number of hydrogen-bond acceptors (Lipinski definition) is 3. The highest BCUT2D eigenvalue weighted by molar-refractivity contribution is 8.01. The van der Waals surface area contributed by atoms with Crippen LogP contribution in [0, 0.1) is 0 Å². The lowest BCUT2D eigenvalue weighted by molar-refractivity contribution is 0.496. The van der Waals surface area contributed by atoms with Gasteiger partial charge in [0, 0.05) is 13.0 Å². The fourth-order valence-corrected chi connectivity index (χ4v) is 1.02. The number of hydrogen-bond donors (Lipinski definition) is 1. The summed E-state index contributed by atoms with van der Waals surface area (Å²) in [4.78, 5) is 3.42. The highest BCUT2D eigenvalue weighted by Crippen LogP contribution is 2.05. The molecule has 4 nitrogen and oxygen atoms in total. The van der Waals surface area contributed by atoms with Gasteiger partial charge in [-0.2, -0.15) is 8.42 Å². The van der Waals surface area contributed by atoms with E-state index in [1.54, 1.807) is 0 Å². The van der Waals surface area contributed by atoms with Gasteiger partial charge < -0.3 is 0 Å². The van der Waals surface area contributed by atoms with Crippen LogP contribution in [0.2, 0.25) is 0 Å². The van der Waals surface area contributed by atoms with E-state index in [1.165, 1.54) is 0 Å². The highest BCUT2D eigenvalue weighted by atomic mass is 32.2. The molecule has 0 saturated heterocycles. The Kier molecular flexibility index (Phi) is 1.09. The van der Waals surface area contributed by atoms with E-state index in [0.29, 0.717) is 13.0 Å². The van der Waals surface area contributed by atoms with Crippen LogP contribution in [0.3, 0.4) is 0 Å². The third-order valence-corrected chi connectivity index (χ3v) is 1.84. The van der Waals surface area contributed by atoms with Gasteiger partial charge in [0.2, 0.25) is 0 Å². The normalized spacial score (nSPS) is 19.4. The second kappa shape index (κ2) is 1.53. The summed E-state index contributed by atoms with van der Waals surface area (Å²) in [6.07, 6.45) is 0.388. The number of rotatable bonds is 0. The van der Waals surface area contributed by atoms with E-state index in [0.717, 1.165) is 0 Å². The van der Waals surface area contributed by atoms with Crippen molar-refractivity contribution in [3.8, 4) is 0 Å². The largest absolute Gasteiger partial charge is 0.307 e. The second-order valence-electron chi connectivity index (χ2n) is 1.50. The topological polar surface area (TPSA) is 66.7 Å². The van der Waals surface area contributed by atoms with Gasteiger partial charge in [0.15, 0.2) is 5.04 Å². The summed E-state index contributed by atoms with van der Waals surface area (Å²) in [6.45, 7) is 0.523. The Morgan fingerprint density at radius 2 is 2.12 bits per heavy atom. The van der Waals surface area contributed by atoms with Crippen LogP contribution < -0.4 is 0 Å². The molecule has 5 heteroatoms. The Bertz CT molecular complexity index is 215. The van der Waals surface area contributed by atoms with Gasteiger partial charge in [-0.25, -0.2) is 0 Å². The predicted molar refractivity (Wildman–Crippen MR) is 28.5 cm³/mol. The molecule has 0 fully saturated rings. The minimum Gasteiger partial charge on any atom is -0.281 e. The molecule has 0 saturated carbocycles. The van der Waals surface area contributed by atoms with Gasteiger partial charge in [0.1, 0.15) is 0 Å². The molecule has 0 aromatic rings. The van der Waals surface area contributed by atoms with Gasteiger partial charge in [-0.3, -0.25) is 9.55 Å². The van der Waals surface area contributed by atoms with Gasteiger partial charge in [-0.05, 0) is 0 Å². The summed E-state index contributed by atoms with van der Waals surface area (Å²) in [7, 11) is -3.92. The van der Waals surface area contributed by atoms with Gasteiger partial charge in [0.25, 0.3) is 0 Å². The summed E-state index contributed by atoms with van der Waals surface area (Å²) in [5, 5.41) is -0.0856. The summed E-state index contributed by atoms with van der Waals surface area (Å²) in [5.74, 6) is 0. The van der Waals surface area contributed by atoms with Gasteiger partial charge >= 0.3 is 10.1 Å². The second-order valence-corrected chi connectivity index (χ2v) is 2.92. The molecular weight excluding hydrogens is 130 g/mol. The molecule has 0 spiro atoms. The van der Waals surface area contributed by atoms with Crippen LogP contribution in [-0.2, 0) is 10.1 Å². The fourth-order valence-electron chi connectivity index (χ4n) is 0.414. The lowest BCUT2D eigenvalue weighted by Crippen LogP contribution is -2.21. The third-order valence-electron chi connectivity index (χ3n) is 0.912. The van der Waals surface area contributed by atoms with Crippen LogP contribution >= 0.6 is 0 Å². The van der Waals surface area contributed by atoms with Crippen molar-refractivity contribution in [2.45, 2.75) is 6.42 Å². The maximum Gasteiger partial charge on any atom is 0.307 e. The van der Waals surface area contributed by atoms with E-state index in [4.69, 9.17) is 4.55 Å². The average Bonchev–Trinajstić information content (AvgIpc) is 1.16. The molecule has 0 aliphatic carbocycles. The zero-order valence-corrected chi connectivity index (χ0v) is 4.85. The highest BCUT2D eigenvalue weighted by Gasteiger charge is 2.20. The minimum atomic E-state index is -3.92. The standard InChI is InChI=1S/C3H5NO3S/c5-8(6,7)3-1-2-4-3/h1-2H2,(H,5,6,7). The minimum absolute atomic E-state index is 0.0856. The molecule has 1 aliphatic heterocycles. The molecule has 0 amide bonds. The van der Waals surface area contributed by atoms with Gasteiger partial charge in [-0.1, -0.05) is 0 Å². The molecule has 46 valence electrons. The Morgan fingerprint density at radius 1 is 1.62 bits per heavy atom. The molecule has 1 aliphatic rings.